The SMILES string of the molecule is CC(C)(C)C1CCN(C(=O)c2cc(Br)cc([N+](=O)[O-])c2N[C@@H]2CCN(C(=O)[C@@H]3CCNC(=O)C3)C2)CC1. The van der Waals surface area contributed by atoms with Crippen LogP contribution in [0, 0.1) is 27.4 Å². The van der Waals surface area contributed by atoms with Gasteiger partial charge >= 0.3 is 0 Å². The van der Waals surface area contributed by atoms with E-state index in [0.29, 0.717) is 56.0 Å². The number of nitrogens with one attached hydrogen (secondary N) is 2. The van der Waals surface area contributed by atoms with Crippen molar-refractivity contribution in [1.29, 1.82) is 0 Å². The molecule has 3 aliphatic rings. The highest BCUT2D eigenvalue weighted by Gasteiger charge is 2.36. The van der Waals surface area contributed by atoms with E-state index >= 15 is 0 Å². The lowest BCUT2D eigenvalue weighted by molar-refractivity contribution is -0.384. The molecule has 37 heavy (non-hydrogen) atoms. The Hall–Kier alpha value is -2.69. The maximum atomic E-state index is 13.6. The van der Waals surface area contributed by atoms with Gasteiger partial charge in [0.15, 0.2) is 0 Å². The maximum Gasteiger partial charge on any atom is 0.294 e. The molecule has 1 aromatic rings. The van der Waals surface area contributed by atoms with Crippen molar-refractivity contribution in [2.45, 2.75) is 58.9 Å². The fourth-order valence-corrected chi connectivity index (χ4v) is 6.16. The van der Waals surface area contributed by atoms with Crippen LogP contribution in [0.25, 0.3) is 0 Å². The van der Waals surface area contributed by atoms with Crippen molar-refractivity contribution in [3.8, 4) is 0 Å². The minimum Gasteiger partial charge on any atom is -0.374 e. The Bertz CT molecular complexity index is 1080. The summed E-state index contributed by atoms with van der Waals surface area (Å²) in [7, 11) is 0. The molecule has 2 atom stereocenters. The summed E-state index contributed by atoms with van der Waals surface area (Å²) < 4.78 is 0.469. The van der Waals surface area contributed by atoms with Crippen molar-refractivity contribution in [2.24, 2.45) is 17.3 Å². The van der Waals surface area contributed by atoms with E-state index in [9.17, 15) is 24.5 Å². The molecule has 2 N–H and O–H groups in total. The first-order valence-corrected chi connectivity index (χ1v) is 13.8. The molecule has 0 radical (unpaired) electrons. The second-order valence-corrected chi connectivity index (χ2v) is 12.4. The van der Waals surface area contributed by atoms with Gasteiger partial charge in [-0.3, -0.25) is 24.5 Å². The summed E-state index contributed by atoms with van der Waals surface area (Å²) in [5.74, 6) is -0.203. The molecule has 3 fully saturated rings. The topological polar surface area (TPSA) is 125 Å². The predicted octanol–water partition coefficient (Wildman–Crippen LogP) is 3.79. The van der Waals surface area contributed by atoms with Gasteiger partial charge in [0, 0.05) is 61.6 Å². The third-order valence-corrected chi connectivity index (χ3v) is 8.42. The molecule has 3 saturated heterocycles. The number of nitro benzene ring substituents is 1. The maximum absolute atomic E-state index is 13.6. The molecular formula is C26H36BrN5O5. The van der Waals surface area contributed by atoms with Crippen LogP contribution in [0.3, 0.4) is 0 Å². The van der Waals surface area contributed by atoms with Gasteiger partial charge in [0.05, 0.1) is 10.5 Å². The predicted molar refractivity (Wildman–Crippen MR) is 143 cm³/mol. The zero-order chi connectivity index (χ0) is 26.9. The Kier molecular flexibility index (Phi) is 8.11. The molecule has 0 bridgehead atoms. The molecular weight excluding hydrogens is 542 g/mol. The summed E-state index contributed by atoms with van der Waals surface area (Å²) in [5.41, 5.74) is 0.469. The standard InChI is InChI=1S/C26H36BrN5O5/c1-26(2,3)17-5-9-30(10-6-17)25(35)20-13-18(27)14-21(32(36)37)23(20)29-19-7-11-31(15-19)24(34)16-4-8-28-22(33)12-16/h13-14,16-17,19,29H,4-12,15H2,1-3H3,(H,28,33)/t16-,19-/m1/s1. The molecule has 0 spiro atoms. The van der Waals surface area contributed by atoms with E-state index in [4.69, 9.17) is 0 Å². The van der Waals surface area contributed by atoms with Gasteiger partial charge in [-0.15, -0.1) is 0 Å². The Morgan fingerprint density at radius 1 is 1.11 bits per heavy atom. The zero-order valence-corrected chi connectivity index (χ0v) is 23.3. The van der Waals surface area contributed by atoms with Crippen LogP contribution in [0.4, 0.5) is 11.4 Å². The minimum absolute atomic E-state index is 0.0533. The smallest absolute Gasteiger partial charge is 0.294 e. The number of amides is 3. The molecule has 4 rings (SSSR count). The molecule has 0 unspecified atom stereocenters. The zero-order valence-electron chi connectivity index (χ0n) is 21.7. The number of halogens is 1. The van der Waals surface area contributed by atoms with Crippen LogP contribution in [0.15, 0.2) is 16.6 Å². The lowest BCUT2D eigenvalue weighted by Gasteiger charge is -2.39. The quantitative estimate of drug-likeness (QED) is 0.405. The molecule has 0 aromatic heterocycles. The Morgan fingerprint density at radius 3 is 2.41 bits per heavy atom. The first-order chi connectivity index (χ1) is 17.4. The van der Waals surface area contributed by atoms with Gasteiger partial charge in [0.1, 0.15) is 5.69 Å². The van der Waals surface area contributed by atoms with Gasteiger partial charge in [-0.2, -0.15) is 0 Å². The Morgan fingerprint density at radius 2 is 1.78 bits per heavy atom. The van der Waals surface area contributed by atoms with Crippen LogP contribution in [-0.4, -0.2) is 71.2 Å². The van der Waals surface area contributed by atoms with Crippen LogP contribution in [0.2, 0.25) is 0 Å². The van der Waals surface area contributed by atoms with Gasteiger partial charge in [0.2, 0.25) is 11.8 Å². The number of hydrogen-bond donors (Lipinski definition) is 2. The number of rotatable bonds is 5. The number of carbonyl (C=O) groups excluding carboxylic acids is 3. The fraction of sp³-hybridized carbons (Fsp3) is 0.654. The number of carbonyl (C=O) groups is 3. The van der Waals surface area contributed by atoms with Crippen molar-refractivity contribution in [3.63, 3.8) is 0 Å². The van der Waals surface area contributed by atoms with Crippen LogP contribution >= 0.6 is 15.9 Å². The number of nitrogens with zero attached hydrogens (tertiary/aromatic N) is 3. The van der Waals surface area contributed by atoms with Gasteiger partial charge in [0.25, 0.3) is 11.6 Å². The summed E-state index contributed by atoms with van der Waals surface area (Å²) >= 11 is 3.35. The molecule has 1 aromatic carbocycles. The summed E-state index contributed by atoms with van der Waals surface area (Å²) in [6.45, 7) is 9.24. The van der Waals surface area contributed by atoms with Crippen molar-refractivity contribution >= 4 is 45.0 Å². The highest BCUT2D eigenvalue weighted by Crippen LogP contribution is 2.38. The second-order valence-electron chi connectivity index (χ2n) is 11.5. The van der Waals surface area contributed by atoms with E-state index in [1.54, 1.807) is 15.9 Å². The number of hydrogen-bond acceptors (Lipinski definition) is 6. The average molecular weight is 579 g/mol. The first-order valence-electron chi connectivity index (χ1n) is 13.0. The van der Waals surface area contributed by atoms with Crippen molar-refractivity contribution in [2.75, 3.05) is 38.0 Å². The van der Waals surface area contributed by atoms with Gasteiger partial charge in [-0.25, -0.2) is 0 Å². The Labute approximate surface area is 225 Å². The second kappa shape index (κ2) is 11.0. The number of piperidine rings is 2. The highest BCUT2D eigenvalue weighted by atomic mass is 79.9. The number of benzene rings is 1. The molecule has 3 aliphatic heterocycles. The number of likely N-dealkylation sites (tertiary alicyclic amines) is 2. The lowest BCUT2D eigenvalue weighted by atomic mass is 9.75. The summed E-state index contributed by atoms with van der Waals surface area (Å²) in [6, 6.07) is 2.81. The molecule has 10 nitrogen and oxygen atoms in total. The largest absolute Gasteiger partial charge is 0.374 e. The van der Waals surface area contributed by atoms with E-state index in [-0.39, 0.29) is 58.5 Å². The van der Waals surface area contributed by atoms with Crippen LogP contribution in [0.1, 0.15) is 63.2 Å². The summed E-state index contributed by atoms with van der Waals surface area (Å²) in [5, 5.41) is 18.0. The number of anilines is 1. The van der Waals surface area contributed by atoms with Crippen LogP contribution in [-0.2, 0) is 9.59 Å². The normalized spacial score (nSPS) is 23.1. The monoisotopic (exact) mass is 577 g/mol. The van der Waals surface area contributed by atoms with Gasteiger partial charge < -0.3 is 20.4 Å². The van der Waals surface area contributed by atoms with Crippen LogP contribution in [0.5, 0.6) is 0 Å². The fourth-order valence-electron chi connectivity index (χ4n) is 5.71. The van der Waals surface area contributed by atoms with Gasteiger partial charge in [-0.1, -0.05) is 36.7 Å². The molecule has 3 heterocycles. The van der Waals surface area contributed by atoms with E-state index in [1.807, 2.05) is 0 Å². The minimum atomic E-state index is -0.478. The summed E-state index contributed by atoms with van der Waals surface area (Å²) in [6.07, 6.45) is 3.19. The van der Waals surface area contributed by atoms with E-state index < -0.39 is 4.92 Å². The molecule has 3 amide bonds. The molecule has 11 heteroatoms. The molecule has 0 saturated carbocycles. The lowest BCUT2D eigenvalue weighted by Crippen LogP contribution is -2.43. The van der Waals surface area contributed by atoms with Crippen molar-refractivity contribution in [3.05, 3.63) is 32.3 Å². The summed E-state index contributed by atoms with van der Waals surface area (Å²) in [4.78, 5) is 53.4. The third-order valence-electron chi connectivity index (χ3n) is 7.96. The van der Waals surface area contributed by atoms with E-state index in [0.717, 1.165) is 12.8 Å². The first kappa shape index (κ1) is 27.3. The highest BCUT2D eigenvalue weighted by molar-refractivity contribution is 9.10. The van der Waals surface area contributed by atoms with Crippen LogP contribution < -0.4 is 10.6 Å². The van der Waals surface area contributed by atoms with E-state index in [2.05, 4.69) is 47.3 Å². The van der Waals surface area contributed by atoms with E-state index in [1.165, 1.54) is 6.07 Å². The van der Waals surface area contributed by atoms with Crippen molar-refractivity contribution < 1.29 is 19.3 Å². The Balaban J connectivity index is 1.51. The molecule has 202 valence electrons. The van der Waals surface area contributed by atoms with Crippen molar-refractivity contribution in [1.82, 2.24) is 15.1 Å². The average Bonchev–Trinajstić information content (AvgIpc) is 3.32. The third kappa shape index (κ3) is 6.25. The van der Waals surface area contributed by atoms with Gasteiger partial charge in [-0.05, 0) is 43.1 Å². The molecule has 0 aliphatic carbocycles. The number of nitro groups is 1.